The highest BCUT2D eigenvalue weighted by molar-refractivity contribution is 6.29. The maximum atomic E-state index is 13.8. The lowest BCUT2D eigenvalue weighted by atomic mass is 10.2. The summed E-state index contributed by atoms with van der Waals surface area (Å²) in [6.45, 7) is 1.42. The van der Waals surface area contributed by atoms with Crippen LogP contribution in [0.1, 0.15) is 6.42 Å². The van der Waals surface area contributed by atoms with E-state index in [2.05, 4.69) is 15.3 Å². The first-order valence-electron chi connectivity index (χ1n) is 7.26. The number of fused-ring (bicyclic) bond motifs is 4. The van der Waals surface area contributed by atoms with E-state index in [4.69, 9.17) is 11.6 Å². The van der Waals surface area contributed by atoms with Crippen molar-refractivity contribution in [3.63, 3.8) is 0 Å². The molecule has 2 bridgehead atoms. The monoisotopic (exact) mass is 333 g/mol. The van der Waals surface area contributed by atoms with Gasteiger partial charge in [0.1, 0.15) is 5.82 Å². The van der Waals surface area contributed by atoms with Gasteiger partial charge in [-0.05, 0) is 18.6 Å². The van der Waals surface area contributed by atoms with Gasteiger partial charge in [0, 0.05) is 25.4 Å². The fourth-order valence-corrected chi connectivity index (χ4v) is 3.21. The van der Waals surface area contributed by atoms with Crippen molar-refractivity contribution < 1.29 is 9.18 Å². The van der Waals surface area contributed by atoms with E-state index in [1.165, 1.54) is 6.07 Å². The van der Waals surface area contributed by atoms with Crippen LogP contribution >= 0.6 is 11.6 Å². The molecule has 1 N–H and O–H groups in total. The fourth-order valence-electron chi connectivity index (χ4n) is 3.07. The summed E-state index contributed by atoms with van der Waals surface area (Å²) in [7, 11) is 0. The first-order chi connectivity index (χ1) is 11.1. The molecule has 0 unspecified atom stereocenters. The lowest BCUT2D eigenvalue weighted by Crippen LogP contribution is -2.48. The molecule has 0 aliphatic carbocycles. The van der Waals surface area contributed by atoms with E-state index in [0.29, 0.717) is 23.9 Å². The molecule has 118 valence electrons. The van der Waals surface area contributed by atoms with E-state index in [1.807, 2.05) is 4.90 Å². The van der Waals surface area contributed by atoms with E-state index in [-0.39, 0.29) is 17.2 Å². The molecule has 23 heavy (non-hydrogen) atoms. The van der Waals surface area contributed by atoms with Crippen molar-refractivity contribution in [2.24, 2.45) is 0 Å². The fraction of sp³-hybridized carbons (Fsp3) is 0.267. The van der Waals surface area contributed by atoms with Crippen LogP contribution in [-0.4, -0.2) is 35.1 Å². The topological polar surface area (TPSA) is 61.4 Å². The highest BCUT2D eigenvalue weighted by atomic mass is 35.5. The number of nitrogens with one attached hydrogen (secondary N) is 1. The number of hydrogen-bond donors (Lipinski definition) is 1. The summed E-state index contributed by atoms with van der Waals surface area (Å²) in [4.78, 5) is 24.5. The summed E-state index contributed by atoms with van der Waals surface area (Å²) in [5, 5.41) is 2.52. The minimum absolute atomic E-state index is 0.0137. The normalized spacial score (nSPS) is 18.8. The van der Waals surface area contributed by atoms with E-state index in [0.717, 1.165) is 13.0 Å². The Balaban J connectivity index is 1.72. The summed E-state index contributed by atoms with van der Waals surface area (Å²) in [5.74, 6) is 0.257. The first kappa shape index (κ1) is 14.2. The van der Waals surface area contributed by atoms with Gasteiger partial charge in [0.05, 0.1) is 11.7 Å². The second kappa shape index (κ2) is 5.34. The molecule has 0 aromatic carbocycles. The Bertz CT molecular complexity index is 772. The molecule has 1 fully saturated rings. The number of urea groups is 1. The van der Waals surface area contributed by atoms with Gasteiger partial charge in [0.15, 0.2) is 16.8 Å². The molecule has 6 nitrogen and oxygen atoms in total. The number of amides is 2. The zero-order valence-corrected chi connectivity index (χ0v) is 12.8. The Morgan fingerprint density at radius 1 is 1.43 bits per heavy atom. The average molecular weight is 334 g/mol. The predicted molar refractivity (Wildman–Crippen MR) is 85.6 cm³/mol. The van der Waals surface area contributed by atoms with Crippen LogP contribution in [0.4, 0.5) is 26.5 Å². The van der Waals surface area contributed by atoms with Crippen molar-refractivity contribution in [3.05, 3.63) is 41.4 Å². The van der Waals surface area contributed by atoms with Crippen LogP contribution in [0, 0.1) is 5.82 Å². The van der Waals surface area contributed by atoms with Crippen LogP contribution in [0.5, 0.6) is 0 Å². The Morgan fingerprint density at radius 2 is 2.30 bits per heavy atom. The molecule has 2 aliphatic heterocycles. The van der Waals surface area contributed by atoms with Gasteiger partial charge in [-0.1, -0.05) is 17.7 Å². The highest BCUT2D eigenvalue weighted by Gasteiger charge is 2.40. The molecular formula is C15H13ClFN5O. The lowest BCUT2D eigenvalue weighted by Gasteiger charge is -2.35. The minimum Gasteiger partial charge on any atom is -0.366 e. The number of halogens is 2. The third kappa shape index (κ3) is 2.37. The molecular weight excluding hydrogens is 321 g/mol. The SMILES string of the molecule is O=C(Nc1ccccn1)N1c2nc(Cl)c(F)cc2N2CC[C@H]1C2. The zero-order valence-electron chi connectivity index (χ0n) is 12.0. The number of hydrogen-bond acceptors (Lipinski definition) is 4. The van der Waals surface area contributed by atoms with Gasteiger partial charge in [0.25, 0.3) is 0 Å². The van der Waals surface area contributed by atoms with E-state index < -0.39 is 5.82 Å². The molecule has 1 atom stereocenters. The molecule has 2 aromatic rings. The number of carbonyl (C=O) groups is 1. The molecule has 1 saturated heterocycles. The van der Waals surface area contributed by atoms with Gasteiger partial charge >= 0.3 is 6.03 Å². The van der Waals surface area contributed by atoms with Gasteiger partial charge in [-0.15, -0.1) is 0 Å². The molecule has 2 aliphatic rings. The molecule has 0 radical (unpaired) electrons. The van der Waals surface area contributed by atoms with Crippen LogP contribution in [0.15, 0.2) is 30.5 Å². The van der Waals surface area contributed by atoms with Crippen LogP contribution in [0.2, 0.25) is 5.15 Å². The number of anilines is 3. The molecule has 2 amide bonds. The Labute approximate surface area is 136 Å². The summed E-state index contributed by atoms with van der Waals surface area (Å²) in [5.41, 5.74) is 0.594. The van der Waals surface area contributed by atoms with Gasteiger partial charge in [-0.3, -0.25) is 10.2 Å². The van der Waals surface area contributed by atoms with Crippen molar-refractivity contribution in [3.8, 4) is 0 Å². The maximum Gasteiger partial charge on any atom is 0.329 e. The molecule has 4 rings (SSSR count). The van der Waals surface area contributed by atoms with E-state index >= 15 is 0 Å². The van der Waals surface area contributed by atoms with E-state index in [9.17, 15) is 9.18 Å². The Kier molecular flexibility index (Phi) is 3.30. The van der Waals surface area contributed by atoms with Crippen LogP contribution < -0.4 is 15.1 Å². The number of aromatic nitrogens is 2. The summed E-state index contributed by atoms with van der Waals surface area (Å²) >= 11 is 5.82. The highest BCUT2D eigenvalue weighted by Crippen LogP contribution is 2.40. The van der Waals surface area contributed by atoms with Crippen molar-refractivity contribution in [1.29, 1.82) is 0 Å². The maximum absolute atomic E-state index is 13.8. The largest absolute Gasteiger partial charge is 0.366 e. The van der Waals surface area contributed by atoms with Crippen molar-refractivity contribution >= 4 is 35.0 Å². The Morgan fingerprint density at radius 3 is 3.09 bits per heavy atom. The van der Waals surface area contributed by atoms with E-state index in [1.54, 1.807) is 29.3 Å². The molecule has 0 saturated carbocycles. The average Bonchev–Trinajstić information content (AvgIpc) is 2.96. The van der Waals surface area contributed by atoms with Gasteiger partial charge in [-0.2, -0.15) is 0 Å². The molecule has 4 heterocycles. The number of rotatable bonds is 1. The molecule has 0 spiro atoms. The summed E-state index contributed by atoms with van der Waals surface area (Å²) in [6.07, 6.45) is 2.40. The number of pyridine rings is 2. The summed E-state index contributed by atoms with van der Waals surface area (Å²) in [6, 6.07) is 6.24. The zero-order chi connectivity index (χ0) is 16.0. The first-order valence-corrected chi connectivity index (χ1v) is 7.63. The number of nitrogens with zero attached hydrogens (tertiary/aromatic N) is 4. The minimum atomic E-state index is -0.583. The van der Waals surface area contributed by atoms with Crippen LogP contribution in [0.3, 0.4) is 0 Å². The van der Waals surface area contributed by atoms with Crippen LogP contribution in [0.25, 0.3) is 0 Å². The van der Waals surface area contributed by atoms with Crippen LogP contribution in [-0.2, 0) is 0 Å². The second-order valence-corrected chi connectivity index (χ2v) is 5.87. The van der Waals surface area contributed by atoms with Crippen molar-refractivity contribution in [1.82, 2.24) is 9.97 Å². The molecule has 8 heteroatoms. The smallest absolute Gasteiger partial charge is 0.329 e. The van der Waals surface area contributed by atoms with Crippen molar-refractivity contribution in [2.75, 3.05) is 28.2 Å². The third-order valence-electron chi connectivity index (χ3n) is 4.11. The van der Waals surface area contributed by atoms with Gasteiger partial charge in [-0.25, -0.2) is 19.2 Å². The van der Waals surface area contributed by atoms with Gasteiger partial charge in [0.2, 0.25) is 0 Å². The molecule has 2 aromatic heterocycles. The quantitative estimate of drug-likeness (QED) is 0.815. The van der Waals surface area contributed by atoms with Gasteiger partial charge < -0.3 is 4.90 Å². The number of carbonyl (C=O) groups excluding carboxylic acids is 1. The predicted octanol–water partition coefficient (Wildman–Crippen LogP) is 2.90. The van der Waals surface area contributed by atoms with Crippen molar-refractivity contribution in [2.45, 2.75) is 12.5 Å². The summed E-state index contributed by atoms with van der Waals surface area (Å²) < 4.78 is 13.8. The lowest BCUT2D eigenvalue weighted by molar-refractivity contribution is 0.254. The third-order valence-corrected chi connectivity index (χ3v) is 4.37. The Hall–Kier alpha value is -2.41. The second-order valence-electron chi connectivity index (χ2n) is 5.51. The standard InChI is InChI=1S/C15H13ClFN5O/c16-13-10(17)7-11-14(20-13)22(9-4-6-21(11)8-9)15(23)19-12-3-1-2-5-18-12/h1-3,5,7,9H,4,6,8H2,(H,18,19,23)/t9-/m0/s1.